The molecule has 0 aliphatic heterocycles. The number of rotatable bonds is 4. The first-order chi connectivity index (χ1) is 15.5. The van der Waals surface area contributed by atoms with Gasteiger partial charge in [0.15, 0.2) is 5.82 Å². The lowest BCUT2D eigenvalue weighted by molar-refractivity contribution is 0.393. The van der Waals surface area contributed by atoms with E-state index in [1.54, 1.807) is 18.5 Å². The number of hydrogen-bond donors (Lipinski definition) is 1. The van der Waals surface area contributed by atoms with Gasteiger partial charge in [0, 0.05) is 34.6 Å². The number of halogens is 2. The third kappa shape index (κ3) is 3.67. The van der Waals surface area contributed by atoms with Gasteiger partial charge in [0.2, 0.25) is 0 Å². The van der Waals surface area contributed by atoms with Crippen LogP contribution in [0, 0.1) is 19.7 Å². The molecule has 3 heterocycles. The second kappa shape index (κ2) is 8.01. The van der Waals surface area contributed by atoms with Crippen LogP contribution in [0.25, 0.3) is 33.4 Å². The Bertz CT molecular complexity index is 1430. The van der Waals surface area contributed by atoms with Gasteiger partial charge in [-0.05, 0) is 61.9 Å². The van der Waals surface area contributed by atoms with Crippen LogP contribution in [0.5, 0.6) is 0 Å². The Hall–Kier alpha value is -3.84. The molecule has 3 aromatic heterocycles. The number of benzene rings is 2. The van der Waals surface area contributed by atoms with Gasteiger partial charge >= 0.3 is 0 Å². The number of aromatic nitrogens is 4. The predicted octanol–water partition coefficient (Wildman–Crippen LogP) is 6.50. The van der Waals surface area contributed by atoms with E-state index in [1.807, 2.05) is 44.2 Å². The maximum Gasteiger partial charge on any atom is 0.163 e. The van der Waals surface area contributed by atoms with Crippen molar-refractivity contribution in [3.05, 3.63) is 83.2 Å². The minimum atomic E-state index is -0.485. The van der Waals surface area contributed by atoms with Gasteiger partial charge in [0.05, 0.1) is 16.2 Å². The Labute approximate surface area is 188 Å². The first-order valence-electron chi connectivity index (χ1n) is 9.87. The SMILES string of the molecule is Cc1noc(C)c1-c1ccc2nc(-c3cccnc3)nc(Nc3ccc(F)c(Cl)c3)c2c1. The molecule has 0 radical (unpaired) electrons. The van der Waals surface area contributed by atoms with Crippen LogP contribution in [0.1, 0.15) is 11.5 Å². The van der Waals surface area contributed by atoms with Crippen molar-refractivity contribution < 1.29 is 8.91 Å². The first kappa shape index (κ1) is 20.1. The van der Waals surface area contributed by atoms with Crippen LogP contribution >= 0.6 is 11.6 Å². The fourth-order valence-corrected chi connectivity index (χ4v) is 3.79. The summed E-state index contributed by atoms with van der Waals surface area (Å²) >= 11 is 5.98. The molecule has 6 nitrogen and oxygen atoms in total. The number of hydrogen-bond acceptors (Lipinski definition) is 6. The number of aryl methyl sites for hydroxylation is 2. The van der Waals surface area contributed by atoms with Gasteiger partial charge in [0.25, 0.3) is 0 Å². The van der Waals surface area contributed by atoms with Gasteiger partial charge < -0.3 is 9.84 Å². The van der Waals surface area contributed by atoms with Crippen molar-refractivity contribution >= 4 is 34.0 Å². The maximum atomic E-state index is 13.7. The summed E-state index contributed by atoms with van der Waals surface area (Å²) in [6, 6.07) is 14.1. The monoisotopic (exact) mass is 445 g/mol. The lowest BCUT2D eigenvalue weighted by atomic mass is 10.0. The largest absolute Gasteiger partial charge is 0.361 e. The van der Waals surface area contributed by atoms with E-state index < -0.39 is 5.82 Å². The highest BCUT2D eigenvalue weighted by atomic mass is 35.5. The fraction of sp³-hybridized carbons (Fsp3) is 0.0833. The Balaban J connectivity index is 1.70. The molecule has 0 amide bonds. The van der Waals surface area contributed by atoms with Crippen LogP contribution in [-0.2, 0) is 0 Å². The summed E-state index contributed by atoms with van der Waals surface area (Å²) < 4.78 is 19.0. The van der Waals surface area contributed by atoms with Crippen LogP contribution in [0.15, 0.2) is 65.4 Å². The van der Waals surface area contributed by atoms with Gasteiger partial charge in [-0.15, -0.1) is 0 Å². The number of anilines is 2. The molecule has 0 aliphatic rings. The molecule has 158 valence electrons. The molecule has 5 aromatic rings. The highest BCUT2D eigenvalue weighted by Crippen LogP contribution is 2.34. The molecular formula is C24H17ClFN5O. The quantitative estimate of drug-likeness (QED) is 0.340. The van der Waals surface area contributed by atoms with Crippen LogP contribution in [-0.4, -0.2) is 20.1 Å². The highest BCUT2D eigenvalue weighted by molar-refractivity contribution is 6.31. The molecule has 0 fully saturated rings. The lowest BCUT2D eigenvalue weighted by Gasteiger charge is -2.13. The Morgan fingerprint density at radius 2 is 1.88 bits per heavy atom. The van der Waals surface area contributed by atoms with E-state index in [4.69, 9.17) is 26.1 Å². The number of fused-ring (bicyclic) bond motifs is 1. The second-order valence-electron chi connectivity index (χ2n) is 7.32. The average Bonchev–Trinajstić information content (AvgIpc) is 3.14. The summed E-state index contributed by atoms with van der Waals surface area (Å²) in [7, 11) is 0. The second-order valence-corrected chi connectivity index (χ2v) is 7.73. The van der Waals surface area contributed by atoms with Crippen molar-refractivity contribution in [2.45, 2.75) is 13.8 Å². The molecule has 32 heavy (non-hydrogen) atoms. The smallest absolute Gasteiger partial charge is 0.163 e. The third-order valence-corrected chi connectivity index (χ3v) is 5.41. The van der Waals surface area contributed by atoms with Crippen LogP contribution in [0.2, 0.25) is 5.02 Å². The molecule has 0 unspecified atom stereocenters. The first-order valence-corrected chi connectivity index (χ1v) is 10.2. The number of pyridine rings is 1. The fourth-order valence-electron chi connectivity index (χ4n) is 3.61. The molecule has 0 aliphatic carbocycles. The lowest BCUT2D eigenvalue weighted by Crippen LogP contribution is -2.00. The van der Waals surface area contributed by atoms with Crippen molar-refractivity contribution in [3.8, 4) is 22.5 Å². The summed E-state index contributed by atoms with van der Waals surface area (Å²) in [5.74, 6) is 1.33. The van der Waals surface area contributed by atoms with Crippen LogP contribution < -0.4 is 5.32 Å². The minimum absolute atomic E-state index is 0.0252. The third-order valence-electron chi connectivity index (χ3n) is 5.12. The zero-order valence-corrected chi connectivity index (χ0v) is 18.0. The van der Waals surface area contributed by atoms with Crippen molar-refractivity contribution in [1.82, 2.24) is 20.1 Å². The number of nitrogens with zero attached hydrogens (tertiary/aromatic N) is 4. The van der Waals surface area contributed by atoms with Gasteiger partial charge in [0.1, 0.15) is 17.4 Å². The molecule has 8 heteroatoms. The van der Waals surface area contributed by atoms with Gasteiger partial charge in [-0.1, -0.05) is 22.8 Å². The Morgan fingerprint density at radius 3 is 2.59 bits per heavy atom. The summed E-state index contributed by atoms with van der Waals surface area (Å²) in [6.45, 7) is 3.78. The van der Waals surface area contributed by atoms with E-state index in [0.717, 1.165) is 39.0 Å². The Morgan fingerprint density at radius 1 is 1.00 bits per heavy atom. The van der Waals surface area contributed by atoms with Crippen molar-refractivity contribution in [2.24, 2.45) is 0 Å². The molecule has 2 aromatic carbocycles. The normalized spacial score (nSPS) is 11.1. The van der Waals surface area contributed by atoms with Crippen molar-refractivity contribution in [2.75, 3.05) is 5.32 Å². The van der Waals surface area contributed by atoms with Crippen LogP contribution in [0.4, 0.5) is 15.9 Å². The van der Waals surface area contributed by atoms with Gasteiger partial charge in [-0.2, -0.15) is 0 Å². The zero-order valence-electron chi connectivity index (χ0n) is 17.2. The highest BCUT2D eigenvalue weighted by Gasteiger charge is 2.16. The zero-order chi connectivity index (χ0) is 22.2. The topological polar surface area (TPSA) is 76.7 Å². The molecule has 0 spiro atoms. The summed E-state index contributed by atoms with van der Waals surface area (Å²) in [6.07, 6.45) is 3.40. The standard InChI is InChI=1S/C24H17ClFN5O/c1-13-22(14(2)32-31-13)15-5-8-21-18(10-15)24(28-17-6-7-20(26)19(25)11-17)30-23(29-21)16-4-3-9-27-12-16/h3-12H,1-2H3,(H,28,29,30). The predicted molar refractivity (Wildman–Crippen MR) is 122 cm³/mol. The minimum Gasteiger partial charge on any atom is -0.361 e. The molecule has 0 atom stereocenters. The number of nitrogens with one attached hydrogen (secondary N) is 1. The summed E-state index contributed by atoms with van der Waals surface area (Å²) in [5.41, 5.74) is 4.80. The van der Waals surface area contributed by atoms with E-state index in [2.05, 4.69) is 15.5 Å². The molecular weight excluding hydrogens is 429 g/mol. The van der Waals surface area contributed by atoms with E-state index in [1.165, 1.54) is 12.1 Å². The molecule has 0 saturated carbocycles. The van der Waals surface area contributed by atoms with Crippen molar-refractivity contribution in [1.29, 1.82) is 0 Å². The summed E-state index contributed by atoms with van der Waals surface area (Å²) in [5, 5.41) is 8.13. The van der Waals surface area contributed by atoms with E-state index in [0.29, 0.717) is 17.3 Å². The van der Waals surface area contributed by atoms with Gasteiger partial charge in [-0.3, -0.25) is 4.98 Å². The average molecular weight is 446 g/mol. The molecule has 0 saturated heterocycles. The van der Waals surface area contributed by atoms with E-state index in [-0.39, 0.29) is 5.02 Å². The summed E-state index contributed by atoms with van der Waals surface area (Å²) in [4.78, 5) is 13.6. The van der Waals surface area contributed by atoms with E-state index >= 15 is 0 Å². The maximum absolute atomic E-state index is 13.7. The Kier molecular flexibility index (Phi) is 5.03. The van der Waals surface area contributed by atoms with Crippen molar-refractivity contribution in [3.63, 3.8) is 0 Å². The molecule has 1 N–H and O–H groups in total. The van der Waals surface area contributed by atoms with Gasteiger partial charge in [-0.25, -0.2) is 14.4 Å². The van der Waals surface area contributed by atoms with E-state index in [9.17, 15) is 4.39 Å². The molecule has 5 rings (SSSR count). The molecule has 0 bridgehead atoms. The van der Waals surface area contributed by atoms with Crippen LogP contribution in [0.3, 0.4) is 0 Å².